The fraction of sp³-hybridized carbons (Fsp3) is 0.500. The van der Waals surface area contributed by atoms with Gasteiger partial charge in [0.1, 0.15) is 12.4 Å². The maximum absolute atomic E-state index is 10.7. The number of aliphatic carboxylic acids is 1. The van der Waals surface area contributed by atoms with Gasteiger partial charge in [0.25, 0.3) is 0 Å². The summed E-state index contributed by atoms with van der Waals surface area (Å²) in [4.78, 5) is 20.7. The third-order valence-electron chi connectivity index (χ3n) is 1.44. The quantitative estimate of drug-likeness (QED) is 0.610. The average Bonchev–Trinajstić information content (AvgIpc) is 2.45. The van der Waals surface area contributed by atoms with E-state index in [2.05, 4.69) is 0 Å². The van der Waals surface area contributed by atoms with Crippen molar-refractivity contribution in [2.45, 2.75) is 6.42 Å². The second kappa shape index (κ2) is 4.61. The number of rotatable bonds is 5. The van der Waals surface area contributed by atoms with Crippen LogP contribution >= 0.6 is 0 Å². The Balaban J connectivity index is 2.10. The predicted octanol–water partition coefficient (Wildman–Crippen LogP) is -0.0391. The molecule has 0 aromatic heterocycles. The average molecular weight is 186 g/mol. The van der Waals surface area contributed by atoms with Crippen LogP contribution in [0.15, 0.2) is 11.8 Å². The number of hydrogen-bond acceptors (Lipinski definition) is 4. The molecule has 5 nitrogen and oxygen atoms in total. The van der Waals surface area contributed by atoms with Gasteiger partial charge < -0.3 is 14.6 Å². The molecule has 0 saturated heterocycles. The molecule has 0 amide bonds. The molecule has 0 fully saturated rings. The van der Waals surface area contributed by atoms with Crippen molar-refractivity contribution in [3.05, 3.63) is 11.8 Å². The van der Waals surface area contributed by atoms with Crippen LogP contribution in [0.3, 0.4) is 0 Å². The van der Waals surface area contributed by atoms with Gasteiger partial charge in [-0.3, -0.25) is 4.79 Å². The van der Waals surface area contributed by atoms with Gasteiger partial charge in [-0.1, -0.05) is 0 Å². The van der Waals surface area contributed by atoms with Gasteiger partial charge in [-0.05, 0) is 0 Å². The minimum Gasteiger partial charge on any atom is -0.490 e. The lowest BCUT2D eigenvalue weighted by molar-refractivity contribution is -0.142. The molecule has 1 aliphatic rings. The number of carbonyl (C=O) groups is 2. The standard InChI is InChI=1S/C8H10O5/c9-6-3-7(13-4-6)1-2-12-5-8(10)11/h3H,1-2,4-5H2,(H,10,11). The van der Waals surface area contributed by atoms with Crippen LogP contribution in [-0.2, 0) is 19.1 Å². The molecule has 72 valence electrons. The highest BCUT2D eigenvalue weighted by Crippen LogP contribution is 2.10. The summed E-state index contributed by atoms with van der Waals surface area (Å²) >= 11 is 0. The summed E-state index contributed by atoms with van der Waals surface area (Å²) in [7, 11) is 0. The highest BCUT2D eigenvalue weighted by atomic mass is 16.5. The third-order valence-corrected chi connectivity index (χ3v) is 1.44. The molecule has 1 heterocycles. The number of ether oxygens (including phenoxy) is 2. The minimum absolute atomic E-state index is 0.0618. The molecule has 0 unspecified atom stereocenters. The van der Waals surface area contributed by atoms with Gasteiger partial charge in [0, 0.05) is 12.5 Å². The molecule has 0 aromatic carbocycles. The van der Waals surface area contributed by atoms with Gasteiger partial charge in [-0.25, -0.2) is 4.79 Å². The molecule has 1 N–H and O–H groups in total. The van der Waals surface area contributed by atoms with Crippen LogP contribution in [0.2, 0.25) is 0 Å². The van der Waals surface area contributed by atoms with E-state index >= 15 is 0 Å². The molecule has 0 bridgehead atoms. The molecular weight excluding hydrogens is 176 g/mol. The van der Waals surface area contributed by atoms with Crippen LogP contribution < -0.4 is 0 Å². The van der Waals surface area contributed by atoms with Crippen molar-refractivity contribution in [2.24, 2.45) is 0 Å². The van der Waals surface area contributed by atoms with E-state index in [4.69, 9.17) is 14.6 Å². The molecule has 1 aliphatic heterocycles. The Bertz CT molecular complexity index is 243. The summed E-state index contributed by atoms with van der Waals surface area (Å²) in [6.45, 7) is 0.0287. The first-order chi connectivity index (χ1) is 6.18. The Labute approximate surface area is 74.9 Å². The highest BCUT2D eigenvalue weighted by Gasteiger charge is 2.12. The van der Waals surface area contributed by atoms with E-state index in [1.54, 1.807) is 0 Å². The number of hydrogen-bond donors (Lipinski definition) is 1. The fourth-order valence-corrected chi connectivity index (χ4v) is 0.903. The summed E-state index contributed by atoms with van der Waals surface area (Å²) in [6.07, 6.45) is 1.85. The van der Waals surface area contributed by atoms with E-state index in [-0.39, 0.29) is 25.6 Å². The summed E-state index contributed by atoms with van der Waals surface area (Å²) in [5, 5.41) is 8.22. The monoisotopic (exact) mass is 186 g/mol. The van der Waals surface area contributed by atoms with Gasteiger partial charge in [-0.15, -0.1) is 0 Å². The second-order valence-corrected chi connectivity index (χ2v) is 2.56. The lowest BCUT2D eigenvalue weighted by Gasteiger charge is -2.02. The van der Waals surface area contributed by atoms with E-state index < -0.39 is 5.97 Å². The smallest absolute Gasteiger partial charge is 0.329 e. The zero-order valence-electron chi connectivity index (χ0n) is 6.99. The van der Waals surface area contributed by atoms with E-state index in [1.165, 1.54) is 6.08 Å². The molecule has 13 heavy (non-hydrogen) atoms. The van der Waals surface area contributed by atoms with E-state index in [1.807, 2.05) is 0 Å². The molecule has 1 rings (SSSR count). The molecule has 0 saturated carbocycles. The van der Waals surface area contributed by atoms with Gasteiger partial charge in [0.2, 0.25) is 0 Å². The summed E-state index contributed by atoms with van der Waals surface area (Å²) in [6, 6.07) is 0. The van der Waals surface area contributed by atoms with Gasteiger partial charge in [0.05, 0.1) is 6.61 Å². The Kier molecular flexibility index (Phi) is 3.45. The van der Waals surface area contributed by atoms with Gasteiger partial charge >= 0.3 is 5.97 Å². The first-order valence-electron chi connectivity index (χ1n) is 3.84. The van der Waals surface area contributed by atoms with Crippen LogP contribution in [-0.4, -0.2) is 36.7 Å². The van der Waals surface area contributed by atoms with Crippen LogP contribution in [0.25, 0.3) is 0 Å². The lowest BCUT2D eigenvalue weighted by Crippen LogP contribution is -2.08. The van der Waals surface area contributed by atoms with Crippen molar-refractivity contribution in [3.8, 4) is 0 Å². The molecule has 0 radical (unpaired) electrons. The van der Waals surface area contributed by atoms with Crippen molar-refractivity contribution in [1.29, 1.82) is 0 Å². The summed E-state index contributed by atoms with van der Waals surface area (Å²) in [5.74, 6) is -0.499. The highest BCUT2D eigenvalue weighted by molar-refractivity contribution is 5.92. The zero-order chi connectivity index (χ0) is 9.68. The fourth-order valence-electron chi connectivity index (χ4n) is 0.903. The zero-order valence-corrected chi connectivity index (χ0v) is 6.99. The Hall–Kier alpha value is -1.36. The third kappa shape index (κ3) is 3.71. The van der Waals surface area contributed by atoms with Crippen LogP contribution in [0.5, 0.6) is 0 Å². The second-order valence-electron chi connectivity index (χ2n) is 2.56. The first-order valence-corrected chi connectivity index (χ1v) is 3.84. The topological polar surface area (TPSA) is 72.8 Å². The normalized spacial score (nSPS) is 15.4. The van der Waals surface area contributed by atoms with Crippen molar-refractivity contribution in [3.63, 3.8) is 0 Å². The number of carboxylic acid groups (broad SMARTS) is 1. The minimum atomic E-state index is -1.00. The maximum atomic E-state index is 10.7. The molecule has 0 aliphatic carbocycles. The van der Waals surface area contributed by atoms with Crippen molar-refractivity contribution < 1.29 is 24.2 Å². The Morgan fingerprint density at radius 3 is 3.00 bits per heavy atom. The van der Waals surface area contributed by atoms with Crippen molar-refractivity contribution in [1.82, 2.24) is 0 Å². The van der Waals surface area contributed by atoms with E-state index in [0.29, 0.717) is 12.2 Å². The molecule has 0 atom stereocenters. The Morgan fingerprint density at radius 2 is 2.46 bits per heavy atom. The molecule has 0 spiro atoms. The molecule has 0 aromatic rings. The van der Waals surface area contributed by atoms with Crippen LogP contribution in [0.4, 0.5) is 0 Å². The van der Waals surface area contributed by atoms with Crippen LogP contribution in [0, 0.1) is 0 Å². The van der Waals surface area contributed by atoms with Crippen LogP contribution in [0.1, 0.15) is 6.42 Å². The molecular formula is C8H10O5. The van der Waals surface area contributed by atoms with E-state index in [9.17, 15) is 9.59 Å². The summed E-state index contributed by atoms with van der Waals surface area (Å²) in [5.41, 5.74) is 0. The first kappa shape index (κ1) is 9.73. The number of ketones is 1. The van der Waals surface area contributed by atoms with Crippen molar-refractivity contribution in [2.75, 3.05) is 19.8 Å². The Morgan fingerprint density at radius 1 is 1.69 bits per heavy atom. The predicted molar refractivity (Wildman–Crippen MR) is 42.1 cm³/mol. The number of carboxylic acids is 1. The SMILES string of the molecule is O=C(O)COCCC1=CC(=O)CO1. The van der Waals surface area contributed by atoms with Gasteiger partial charge in [0.15, 0.2) is 12.4 Å². The molecule has 5 heteroatoms. The van der Waals surface area contributed by atoms with E-state index in [0.717, 1.165) is 0 Å². The van der Waals surface area contributed by atoms with Gasteiger partial charge in [-0.2, -0.15) is 0 Å². The number of carbonyl (C=O) groups excluding carboxylic acids is 1. The summed E-state index contributed by atoms with van der Waals surface area (Å²) < 4.78 is 9.72. The maximum Gasteiger partial charge on any atom is 0.329 e. The largest absolute Gasteiger partial charge is 0.490 e. The van der Waals surface area contributed by atoms with Crippen molar-refractivity contribution >= 4 is 11.8 Å². The lowest BCUT2D eigenvalue weighted by atomic mass is 10.3.